The number of amides is 2. The van der Waals surface area contributed by atoms with Crippen molar-refractivity contribution in [3.05, 3.63) is 47.3 Å². The van der Waals surface area contributed by atoms with Gasteiger partial charge in [-0.3, -0.25) is 14.6 Å². The molecular formula is C36H49F3N4O5. The normalized spacial score (nSPS) is 20.7. The molecule has 3 saturated heterocycles. The second-order valence-electron chi connectivity index (χ2n) is 14.2. The molecule has 12 heteroatoms. The number of ether oxygens (including phenoxy) is 2. The number of piperidine rings is 1. The number of hydrogen-bond donors (Lipinski definition) is 1. The van der Waals surface area contributed by atoms with Crippen LogP contribution in [-0.2, 0) is 9.53 Å². The maximum atomic E-state index is 16.1. The summed E-state index contributed by atoms with van der Waals surface area (Å²) in [5, 5.41) is 10.7. The molecule has 2 aromatic rings. The third-order valence-electron chi connectivity index (χ3n) is 10.3. The van der Waals surface area contributed by atoms with Crippen molar-refractivity contribution in [3.63, 3.8) is 0 Å². The number of benzene rings is 2. The van der Waals surface area contributed by atoms with E-state index < -0.39 is 35.1 Å². The van der Waals surface area contributed by atoms with Crippen molar-refractivity contribution in [1.82, 2.24) is 9.80 Å². The SMILES string of the molecule is CCC1(CC)C(=O)N(c2ccc(C(F)F)cc2O)[C@H]1c1cc(F)c(N2CCC(CN3CCN(C(=O)OC(C)(C)C)CC3)CC2)cc1OC. The van der Waals surface area contributed by atoms with Crippen LogP contribution in [0.5, 0.6) is 11.5 Å². The number of nitrogens with zero attached hydrogens (tertiary/aromatic N) is 4. The van der Waals surface area contributed by atoms with Gasteiger partial charge in [-0.05, 0) is 70.6 Å². The highest BCUT2D eigenvalue weighted by atomic mass is 19.3. The fourth-order valence-corrected chi connectivity index (χ4v) is 7.51. The van der Waals surface area contributed by atoms with Crippen LogP contribution in [0.3, 0.4) is 0 Å². The molecule has 0 saturated carbocycles. The third-order valence-corrected chi connectivity index (χ3v) is 10.3. The minimum atomic E-state index is -2.77. The molecular weight excluding hydrogens is 625 g/mol. The quantitative estimate of drug-likeness (QED) is 0.283. The summed E-state index contributed by atoms with van der Waals surface area (Å²) in [4.78, 5) is 33.7. The Labute approximate surface area is 281 Å². The van der Waals surface area contributed by atoms with Gasteiger partial charge >= 0.3 is 6.09 Å². The van der Waals surface area contributed by atoms with Crippen LogP contribution in [0.25, 0.3) is 0 Å². The minimum Gasteiger partial charge on any atom is -0.506 e. The number of halogens is 3. The zero-order valence-electron chi connectivity index (χ0n) is 28.9. The lowest BCUT2D eigenvalue weighted by Crippen LogP contribution is -2.63. The molecule has 264 valence electrons. The molecule has 2 amide bonds. The van der Waals surface area contributed by atoms with Crippen LogP contribution in [0.1, 0.15) is 83.9 Å². The molecule has 3 aliphatic heterocycles. The van der Waals surface area contributed by atoms with Gasteiger partial charge in [0.05, 0.1) is 29.9 Å². The smallest absolute Gasteiger partial charge is 0.410 e. The van der Waals surface area contributed by atoms with Gasteiger partial charge in [0.15, 0.2) is 0 Å². The van der Waals surface area contributed by atoms with Crippen LogP contribution in [-0.4, -0.2) is 85.4 Å². The van der Waals surface area contributed by atoms with Gasteiger partial charge in [0.2, 0.25) is 5.91 Å². The molecule has 3 heterocycles. The van der Waals surface area contributed by atoms with Gasteiger partial charge in [-0.25, -0.2) is 18.0 Å². The second kappa shape index (κ2) is 14.1. The number of piperazine rings is 1. The summed E-state index contributed by atoms with van der Waals surface area (Å²) in [6, 6.07) is 5.94. The molecule has 2 aromatic carbocycles. The summed E-state index contributed by atoms with van der Waals surface area (Å²) in [6.45, 7) is 14.5. The van der Waals surface area contributed by atoms with E-state index in [0.717, 1.165) is 38.5 Å². The van der Waals surface area contributed by atoms with E-state index in [-0.39, 0.29) is 23.3 Å². The maximum absolute atomic E-state index is 16.1. The number of β-lactam (4-membered cyclic amide) rings is 1. The molecule has 48 heavy (non-hydrogen) atoms. The lowest BCUT2D eigenvalue weighted by atomic mass is 9.64. The Morgan fingerprint density at radius 1 is 1.00 bits per heavy atom. The highest BCUT2D eigenvalue weighted by molar-refractivity contribution is 6.07. The number of methoxy groups -OCH3 is 1. The average molecular weight is 675 g/mol. The van der Waals surface area contributed by atoms with Gasteiger partial charge in [-0.2, -0.15) is 0 Å². The first kappa shape index (κ1) is 35.6. The molecule has 3 fully saturated rings. The van der Waals surface area contributed by atoms with Gasteiger partial charge in [0.25, 0.3) is 6.43 Å². The minimum absolute atomic E-state index is 0.104. The second-order valence-corrected chi connectivity index (χ2v) is 14.2. The van der Waals surface area contributed by atoms with E-state index in [0.29, 0.717) is 61.9 Å². The molecule has 9 nitrogen and oxygen atoms in total. The molecule has 3 aliphatic rings. The van der Waals surface area contributed by atoms with E-state index in [1.165, 1.54) is 30.2 Å². The van der Waals surface area contributed by atoms with E-state index in [2.05, 4.69) is 4.90 Å². The van der Waals surface area contributed by atoms with Crippen LogP contribution in [0.2, 0.25) is 0 Å². The van der Waals surface area contributed by atoms with Crippen molar-refractivity contribution < 1.29 is 37.3 Å². The summed E-state index contributed by atoms with van der Waals surface area (Å²) in [7, 11) is 1.51. The Morgan fingerprint density at radius 2 is 1.65 bits per heavy atom. The van der Waals surface area contributed by atoms with E-state index in [9.17, 15) is 23.5 Å². The number of anilines is 2. The van der Waals surface area contributed by atoms with Gasteiger partial charge in [0, 0.05) is 63.0 Å². The van der Waals surface area contributed by atoms with E-state index >= 15 is 4.39 Å². The van der Waals surface area contributed by atoms with Crippen molar-refractivity contribution in [2.24, 2.45) is 11.3 Å². The van der Waals surface area contributed by atoms with Crippen molar-refractivity contribution in [2.45, 2.75) is 78.4 Å². The average Bonchev–Trinajstić information content (AvgIpc) is 3.04. The highest BCUT2D eigenvalue weighted by Crippen LogP contribution is 2.59. The standard InChI is InChI=1S/C36H49F3N4O5/c1-7-36(8-2)31(43(33(36)45)27-10-9-24(32(38)39)19-29(27)44)25-20-26(37)28(21-30(25)47-6)41-13-11-23(12-14-41)22-40-15-17-42(18-16-40)34(46)48-35(3,4)5/h9-10,19-21,23,31-32,44H,7-8,11-18,22H2,1-6H3/t31-/m0/s1. The van der Waals surface area contributed by atoms with Gasteiger partial charge in [0.1, 0.15) is 22.9 Å². The number of alkyl halides is 2. The zero-order chi connectivity index (χ0) is 35.0. The van der Waals surface area contributed by atoms with E-state index in [1.807, 2.05) is 39.5 Å². The molecule has 1 atom stereocenters. The third kappa shape index (κ3) is 6.91. The Hall–Kier alpha value is -3.67. The number of carbonyl (C=O) groups excluding carboxylic acids is 2. The fraction of sp³-hybridized carbons (Fsp3) is 0.611. The number of phenolic OH excluding ortho intramolecular Hbond substituents is 1. The monoisotopic (exact) mass is 674 g/mol. The molecule has 0 aliphatic carbocycles. The molecule has 0 aromatic heterocycles. The highest BCUT2D eigenvalue weighted by Gasteiger charge is 2.60. The first-order valence-electron chi connectivity index (χ1n) is 17.0. The number of carbonyl (C=O) groups is 2. The van der Waals surface area contributed by atoms with Crippen molar-refractivity contribution >= 4 is 23.4 Å². The topological polar surface area (TPSA) is 85.8 Å². The van der Waals surface area contributed by atoms with Gasteiger partial charge in [-0.15, -0.1) is 0 Å². The number of hydrogen-bond acceptors (Lipinski definition) is 7. The Bertz CT molecular complexity index is 1480. The van der Waals surface area contributed by atoms with E-state index in [1.54, 1.807) is 11.0 Å². The van der Waals surface area contributed by atoms with Gasteiger partial charge in [-0.1, -0.05) is 19.9 Å². The summed E-state index contributed by atoms with van der Waals surface area (Å²) in [6.07, 6.45) is -0.323. The lowest BCUT2D eigenvalue weighted by Gasteiger charge is -2.56. The van der Waals surface area contributed by atoms with Crippen LogP contribution >= 0.6 is 0 Å². The summed E-state index contributed by atoms with van der Waals surface area (Å²) in [5.41, 5.74) is -0.733. The Morgan fingerprint density at radius 3 is 2.19 bits per heavy atom. The molecule has 0 radical (unpaired) electrons. The summed E-state index contributed by atoms with van der Waals surface area (Å²) < 4.78 is 54.0. The fourth-order valence-electron chi connectivity index (χ4n) is 7.51. The molecule has 5 rings (SSSR count). The number of aromatic hydroxyl groups is 1. The van der Waals surface area contributed by atoms with Crippen LogP contribution in [0, 0.1) is 17.2 Å². The molecule has 0 spiro atoms. The largest absolute Gasteiger partial charge is 0.506 e. The van der Waals surface area contributed by atoms with Crippen molar-refractivity contribution in [2.75, 3.05) is 62.7 Å². The zero-order valence-corrected chi connectivity index (χ0v) is 28.9. The Balaban J connectivity index is 1.28. The predicted octanol–water partition coefficient (Wildman–Crippen LogP) is 7.14. The molecule has 0 unspecified atom stereocenters. The first-order valence-corrected chi connectivity index (χ1v) is 17.0. The van der Waals surface area contributed by atoms with Gasteiger partial charge < -0.3 is 24.4 Å². The van der Waals surface area contributed by atoms with Crippen molar-refractivity contribution in [3.8, 4) is 11.5 Å². The van der Waals surface area contributed by atoms with Crippen molar-refractivity contribution in [1.29, 1.82) is 0 Å². The lowest BCUT2D eigenvalue weighted by molar-refractivity contribution is -0.141. The number of phenols is 1. The first-order chi connectivity index (χ1) is 22.7. The molecule has 0 bridgehead atoms. The summed E-state index contributed by atoms with van der Waals surface area (Å²) >= 11 is 0. The van der Waals surface area contributed by atoms with Crippen LogP contribution in [0.15, 0.2) is 30.3 Å². The maximum Gasteiger partial charge on any atom is 0.410 e. The summed E-state index contributed by atoms with van der Waals surface area (Å²) in [5.74, 6) is -0.241. The van der Waals surface area contributed by atoms with Crippen LogP contribution in [0.4, 0.5) is 29.3 Å². The predicted molar refractivity (Wildman–Crippen MR) is 178 cm³/mol. The van der Waals surface area contributed by atoms with E-state index in [4.69, 9.17) is 9.47 Å². The Kier molecular flexibility index (Phi) is 10.4. The number of rotatable bonds is 9. The van der Waals surface area contributed by atoms with Crippen LogP contribution < -0.4 is 14.5 Å². The molecule has 1 N–H and O–H groups in total.